The van der Waals surface area contributed by atoms with Gasteiger partial charge in [0, 0.05) is 10.5 Å². The molecule has 0 saturated carbocycles. The van der Waals surface area contributed by atoms with Gasteiger partial charge in [-0.3, -0.25) is 0 Å². The van der Waals surface area contributed by atoms with E-state index in [2.05, 4.69) is 41.2 Å². The monoisotopic (exact) mass is 271 g/mol. The first-order chi connectivity index (χ1) is 7.10. The van der Waals surface area contributed by atoms with Crippen molar-refractivity contribution in [1.82, 2.24) is 5.32 Å². The average molecular weight is 272 g/mol. The summed E-state index contributed by atoms with van der Waals surface area (Å²) in [5.74, 6) is 1.44. The lowest BCUT2D eigenvalue weighted by molar-refractivity contribution is 0.407. The van der Waals surface area contributed by atoms with Gasteiger partial charge in [0.1, 0.15) is 5.75 Å². The lowest BCUT2D eigenvalue weighted by Crippen LogP contribution is -2.22. The molecule has 0 heterocycles. The fraction of sp³-hybridized carbons (Fsp3) is 0.500. The summed E-state index contributed by atoms with van der Waals surface area (Å²) >= 11 is 3.57. The zero-order valence-electron chi connectivity index (χ0n) is 9.67. The van der Waals surface area contributed by atoms with E-state index >= 15 is 0 Å². The Morgan fingerprint density at radius 1 is 1.33 bits per heavy atom. The van der Waals surface area contributed by atoms with Gasteiger partial charge in [0.2, 0.25) is 0 Å². The minimum atomic E-state index is 0.342. The highest BCUT2D eigenvalue weighted by molar-refractivity contribution is 9.10. The molecule has 0 radical (unpaired) electrons. The summed E-state index contributed by atoms with van der Waals surface area (Å²) in [6.07, 6.45) is 0. The van der Waals surface area contributed by atoms with Crippen LogP contribution in [0.1, 0.15) is 25.5 Å². The Morgan fingerprint density at radius 2 is 2.00 bits per heavy atom. The number of nitrogens with one attached hydrogen (secondary N) is 1. The van der Waals surface area contributed by atoms with Gasteiger partial charge in [-0.05, 0) is 36.7 Å². The minimum Gasteiger partial charge on any atom is -0.497 e. The Morgan fingerprint density at radius 3 is 2.47 bits per heavy atom. The smallest absolute Gasteiger partial charge is 0.119 e. The number of benzene rings is 1. The van der Waals surface area contributed by atoms with E-state index in [0.29, 0.717) is 12.0 Å². The van der Waals surface area contributed by atoms with Crippen molar-refractivity contribution in [2.24, 2.45) is 5.92 Å². The van der Waals surface area contributed by atoms with Gasteiger partial charge in [0.05, 0.1) is 7.11 Å². The molecule has 0 aliphatic carbocycles. The number of hydrogen-bond acceptors (Lipinski definition) is 2. The molecule has 1 aromatic carbocycles. The average Bonchev–Trinajstić information content (AvgIpc) is 2.21. The highest BCUT2D eigenvalue weighted by Crippen LogP contribution is 2.31. The molecule has 1 rings (SSSR count). The summed E-state index contributed by atoms with van der Waals surface area (Å²) < 4.78 is 6.36. The zero-order chi connectivity index (χ0) is 11.4. The predicted molar refractivity (Wildman–Crippen MR) is 67.3 cm³/mol. The van der Waals surface area contributed by atoms with Gasteiger partial charge in [0.15, 0.2) is 0 Å². The number of rotatable bonds is 4. The quantitative estimate of drug-likeness (QED) is 0.907. The van der Waals surface area contributed by atoms with Crippen LogP contribution >= 0.6 is 15.9 Å². The first-order valence-electron chi connectivity index (χ1n) is 5.10. The van der Waals surface area contributed by atoms with Gasteiger partial charge in [-0.25, -0.2) is 0 Å². The summed E-state index contributed by atoms with van der Waals surface area (Å²) in [4.78, 5) is 0. The molecule has 3 heteroatoms. The third kappa shape index (κ3) is 2.95. The van der Waals surface area contributed by atoms with Gasteiger partial charge in [0.25, 0.3) is 0 Å². The van der Waals surface area contributed by atoms with Crippen molar-refractivity contribution in [3.8, 4) is 5.75 Å². The van der Waals surface area contributed by atoms with Crippen molar-refractivity contribution >= 4 is 15.9 Å². The lowest BCUT2D eigenvalue weighted by atomic mass is 9.96. The molecule has 0 saturated heterocycles. The first kappa shape index (κ1) is 12.5. The number of ether oxygens (including phenoxy) is 1. The molecule has 0 aromatic heterocycles. The molecule has 1 unspecified atom stereocenters. The van der Waals surface area contributed by atoms with Gasteiger partial charge < -0.3 is 10.1 Å². The van der Waals surface area contributed by atoms with Crippen molar-refractivity contribution in [3.63, 3.8) is 0 Å². The maximum Gasteiger partial charge on any atom is 0.119 e. The van der Waals surface area contributed by atoms with Crippen LogP contribution in [0.3, 0.4) is 0 Å². The van der Waals surface area contributed by atoms with Crippen molar-refractivity contribution in [2.45, 2.75) is 19.9 Å². The summed E-state index contributed by atoms with van der Waals surface area (Å²) in [5, 5.41) is 3.32. The molecule has 0 bridgehead atoms. The van der Waals surface area contributed by atoms with Crippen LogP contribution in [-0.2, 0) is 0 Å². The van der Waals surface area contributed by atoms with E-state index in [1.807, 2.05) is 19.2 Å². The third-order valence-corrected chi connectivity index (χ3v) is 3.24. The van der Waals surface area contributed by atoms with Crippen LogP contribution in [-0.4, -0.2) is 14.2 Å². The molecule has 0 fully saturated rings. The van der Waals surface area contributed by atoms with Crippen LogP contribution < -0.4 is 10.1 Å². The summed E-state index contributed by atoms with van der Waals surface area (Å²) in [6.45, 7) is 4.40. The summed E-state index contributed by atoms with van der Waals surface area (Å²) in [6, 6.07) is 6.40. The molecule has 84 valence electrons. The number of halogens is 1. The van der Waals surface area contributed by atoms with Crippen LogP contribution in [0.2, 0.25) is 0 Å². The molecule has 0 aliphatic rings. The molecule has 1 N–H and O–H groups in total. The van der Waals surface area contributed by atoms with Crippen molar-refractivity contribution < 1.29 is 4.74 Å². The van der Waals surface area contributed by atoms with E-state index in [9.17, 15) is 0 Å². The normalized spacial score (nSPS) is 12.9. The van der Waals surface area contributed by atoms with E-state index in [1.54, 1.807) is 7.11 Å². The van der Waals surface area contributed by atoms with E-state index in [-0.39, 0.29) is 0 Å². The van der Waals surface area contributed by atoms with Crippen LogP contribution in [0.15, 0.2) is 22.7 Å². The van der Waals surface area contributed by atoms with Crippen molar-refractivity contribution in [3.05, 3.63) is 28.2 Å². The molecule has 0 spiro atoms. The number of methoxy groups -OCH3 is 1. The molecule has 0 amide bonds. The van der Waals surface area contributed by atoms with Gasteiger partial charge in [-0.1, -0.05) is 29.8 Å². The Kier molecular flexibility index (Phi) is 4.61. The van der Waals surface area contributed by atoms with E-state index in [1.165, 1.54) is 5.56 Å². The van der Waals surface area contributed by atoms with Crippen LogP contribution in [0, 0.1) is 5.92 Å². The van der Waals surface area contributed by atoms with Crippen LogP contribution in [0.5, 0.6) is 5.75 Å². The maximum atomic E-state index is 5.24. The predicted octanol–water partition coefficient (Wildman–Crippen LogP) is 3.37. The van der Waals surface area contributed by atoms with Gasteiger partial charge in [-0.2, -0.15) is 0 Å². The van der Waals surface area contributed by atoms with Crippen molar-refractivity contribution in [2.75, 3.05) is 14.2 Å². The fourth-order valence-electron chi connectivity index (χ4n) is 1.74. The summed E-state index contributed by atoms with van der Waals surface area (Å²) in [7, 11) is 3.67. The van der Waals surface area contributed by atoms with E-state index in [4.69, 9.17) is 4.74 Å². The molecule has 15 heavy (non-hydrogen) atoms. The first-order valence-corrected chi connectivity index (χ1v) is 5.90. The highest BCUT2D eigenvalue weighted by Gasteiger charge is 2.16. The number of hydrogen-bond donors (Lipinski definition) is 1. The molecule has 2 nitrogen and oxygen atoms in total. The van der Waals surface area contributed by atoms with Gasteiger partial charge >= 0.3 is 0 Å². The second-order valence-electron chi connectivity index (χ2n) is 3.90. The van der Waals surface area contributed by atoms with Crippen LogP contribution in [0.4, 0.5) is 0 Å². The Bertz CT molecular complexity index is 325. The SMILES string of the molecule is CNC(c1cc(OC)ccc1Br)C(C)C. The summed E-state index contributed by atoms with van der Waals surface area (Å²) in [5.41, 5.74) is 1.24. The second-order valence-corrected chi connectivity index (χ2v) is 4.75. The van der Waals surface area contributed by atoms with Gasteiger partial charge in [-0.15, -0.1) is 0 Å². The Hall–Kier alpha value is -0.540. The fourth-order valence-corrected chi connectivity index (χ4v) is 2.23. The second kappa shape index (κ2) is 5.52. The van der Waals surface area contributed by atoms with E-state index in [0.717, 1.165) is 10.2 Å². The standard InChI is InChI=1S/C12H18BrNO/c1-8(2)12(14-3)10-7-9(15-4)5-6-11(10)13/h5-8,12,14H,1-4H3. The molecular weight excluding hydrogens is 254 g/mol. The molecular formula is C12H18BrNO. The Balaban J connectivity index is 3.09. The molecule has 1 aromatic rings. The van der Waals surface area contributed by atoms with E-state index < -0.39 is 0 Å². The molecule has 0 aliphatic heterocycles. The minimum absolute atomic E-state index is 0.342. The Labute approximate surface area is 100 Å². The topological polar surface area (TPSA) is 21.3 Å². The maximum absolute atomic E-state index is 5.24. The largest absolute Gasteiger partial charge is 0.497 e. The molecule has 1 atom stereocenters. The highest BCUT2D eigenvalue weighted by atomic mass is 79.9. The van der Waals surface area contributed by atoms with Crippen molar-refractivity contribution in [1.29, 1.82) is 0 Å². The van der Waals surface area contributed by atoms with Crippen LogP contribution in [0.25, 0.3) is 0 Å². The third-order valence-electron chi connectivity index (χ3n) is 2.52. The zero-order valence-corrected chi connectivity index (χ0v) is 11.3. The lowest BCUT2D eigenvalue weighted by Gasteiger charge is -2.22.